The maximum Gasteiger partial charge on any atom is 0.317 e. The van der Waals surface area contributed by atoms with Crippen LogP contribution in [0.4, 0.5) is 4.79 Å². The Morgan fingerprint density at radius 1 is 1.38 bits per heavy atom. The molecule has 1 aromatic carbocycles. The number of hydrogen-bond donors (Lipinski definition) is 1. The Kier molecular flexibility index (Phi) is 5.33. The second-order valence-electron chi connectivity index (χ2n) is 5.24. The first-order chi connectivity index (χ1) is 10.0. The third-order valence-electron chi connectivity index (χ3n) is 3.75. The highest BCUT2D eigenvalue weighted by Gasteiger charge is 2.23. The van der Waals surface area contributed by atoms with Crippen molar-refractivity contribution >= 4 is 29.2 Å². The normalized spacial score (nSPS) is 17.1. The predicted molar refractivity (Wildman–Crippen MR) is 83.3 cm³/mol. The van der Waals surface area contributed by atoms with Crippen LogP contribution in [0.5, 0.6) is 0 Å². The molecule has 0 unspecified atom stereocenters. The molecule has 0 bridgehead atoms. The number of nitrogens with zero attached hydrogens (tertiary/aromatic N) is 2. The molecule has 0 radical (unpaired) electrons. The van der Waals surface area contributed by atoms with Crippen LogP contribution in [0.3, 0.4) is 0 Å². The van der Waals surface area contributed by atoms with Crippen molar-refractivity contribution in [1.82, 2.24) is 10.2 Å². The minimum absolute atomic E-state index is 0.0709. The van der Waals surface area contributed by atoms with Crippen molar-refractivity contribution in [3.63, 3.8) is 0 Å². The van der Waals surface area contributed by atoms with E-state index in [0.717, 1.165) is 18.4 Å². The molecule has 21 heavy (non-hydrogen) atoms. The molecule has 1 heterocycles. The molecule has 0 aromatic heterocycles. The molecule has 6 heteroatoms. The van der Waals surface area contributed by atoms with Gasteiger partial charge in [0.15, 0.2) is 0 Å². The lowest BCUT2D eigenvalue weighted by Crippen LogP contribution is -2.45. The van der Waals surface area contributed by atoms with Crippen molar-refractivity contribution in [2.75, 3.05) is 13.1 Å². The average Bonchev–Trinajstić information content (AvgIpc) is 2.50. The van der Waals surface area contributed by atoms with Gasteiger partial charge in [0.25, 0.3) is 0 Å². The topological polar surface area (TPSA) is 56.1 Å². The van der Waals surface area contributed by atoms with E-state index in [1.165, 1.54) is 0 Å². The van der Waals surface area contributed by atoms with Crippen LogP contribution in [0.2, 0.25) is 10.0 Å². The maximum absolute atomic E-state index is 12.2. The summed E-state index contributed by atoms with van der Waals surface area (Å²) in [5.41, 5.74) is 0.907. The summed E-state index contributed by atoms with van der Waals surface area (Å²) in [5.74, 6) is 0.0709. The van der Waals surface area contributed by atoms with Crippen LogP contribution in [0.1, 0.15) is 31.4 Å². The number of halogens is 2. The molecule has 1 aliphatic rings. The Bertz CT molecular complexity index is 563. The molecule has 1 saturated heterocycles. The van der Waals surface area contributed by atoms with Gasteiger partial charge in [0.1, 0.15) is 0 Å². The van der Waals surface area contributed by atoms with E-state index < -0.39 is 0 Å². The summed E-state index contributed by atoms with van der Waals surface area (Å²) in [4.78, 5) is 14.0. The van der Waals surface area contributed by atoms with Crippen LogP contribution in [-0.2, 0) is 0 Å². The number of carbonyl (C=O) groups excluding carboxylic acids is 1. The molecule has 1 atom stereocenters. The standard InChI is InChI=1S/C15H17Cl2N3O/c1-10(12-2-3-13(16)14(17)8-12)19-15(21)20-6-4-11(9-18)5-7-20/h2-3,8,10-11H,4-7H2,1H3,(H,19,21)/t10-/m0/s1. The molecule has 1 N–H and O–H groups in total. The smallest absolute Gasteiger partial charge is 0.317 e. The number of nitriles is 1. The third-order valence-corrected chi connectivity index (χ3v) is 4.49. The Hall–Kier alpha value is -1.44. The summed E-state index contributed by atoms with van der Waals surface area (Å²) < 4.78 is 0. The van der Waals surface area contributed by atoms with Crippen LogP contribution in [-0.4, -0.2) is 24.0 Å². The SMILES string of the molecule is C[C@H](NC(=O)N1CCC(C#N)CC1)c1ccc(Cl)c(Cl)c1. The minimum Gasteiger partial charge on any atom is -0.331 e. The van der Waals surface area contributed by atoms with Gasteiger partial charge in [-0.3, -0.25) is 0 Å². The largest absolute Gasteiger partial charge is 0.331 e. The van der Waals surface area contributed by atoms with E-state index in [1.807, 2.05) is 13.0 Å². The van der Waals surface area contributed by atoms with Crippen molar-refractivity contribution in [3.8, 4) is 6.07 Å². The van der Waals surface area contributed by atoms with Crippen LogP contribution in [0.25, 0.3) is 0 Å². The zero-order valence-electron chi connectivity index (χ0n) is 11.8. The summed E-state index contributed by atoms with van der Waals surface area (Å²) >= 11 is 11.9. The quantitative estimate of drug-likeness (QED) is 0.893. The lowest BCUT2D eigenvalue weighted by atomic mass is 9.99. The lowest BCUT2D eigenvalue weighted by molar-refractivity contribution is 0.176. The highest BCUT2D eigenvalue weighted by atomic mass is 35.5. The van der Waals surface area contributed by atoms with Gasteiger partial charge < -0.3 is 10.2 Å². The van der Waals surface area contributed by atoms with Gasteiger partial charge >= 0.3 is 6.03 Å². The number of nitrogens with one attached hydrogen (secondary N) is 1. The number of likely N-dealkylation sites (tertiary alicyclic amines) is 1. The number of hydrogen-bond acceptors (Lipinski definition) is 2. The lowest BCUT2D eigenvalue weighted by Gasteiger charge is -2.30. The fraction of sp³-hybridized carbons (Fsp3) is 0.467. The van der Waals surface area contributed by atoms with Crippen molar-refractivity contribution in [1.29, 1.82) is 5.26 Å². The van der Waals surface area contributed by atoms with E-state index in [9.17, 15) is 4.79 Å². The van der Waals surface area contributed by atoms with Crippen molar-refractivity contribution < 1.29 is 4.79 Å². The number of piperidine rings is 1. The second kappa shape index (κ2) is 7.02. The number of benzene rings is 1. The summed E-state index contributed by atoms with van der Waals surface area (Å²) in [6, 6.07) is 7.33. The summed E-state index contributed by atoms with van der Waals surface area (Å²) in [6.45, 7) is 3.15. The Morgan fingerprint density at radius 2 is 2.05 bits per heavy atom. The van der Waals surface area contributed by atoms with Gasteiger partial charge in [0.05, 0.1) is 22.2 Å². The molecular formula is C15H17Cl2N3O. The summed E-state index contributed by atoms with van der Waals surface area (Å²) in [6.07, 6.45) is 1.48. The van der Waals surface area contributed by atoms with E-state index in [0.29, 0.717) is 23.1 Å². The first kappa shape index (κ1) is 15.9. The van der Waals surface area contributed by atoms with Gasteiger partial charge in [-0.2, -0.15) is 5.26 Å². The second-order valence-corrected chi connectivity index (χ2v) is 6.05. The molecule has 1 aliphatic heterocycles. The van der Waals surface area contributed by atoms with Crippen molar-refractivity contribution in [2.45, 2.75) is 25.8 Å². The molecule has 0 saturated carbocycles. The van der Waals surface area contributed by atoms with Gasteiger partial charge in [-0.25, -0.2) is 4.79 Å². The molecule has 2 rings (SSSR count). The Morgan fingerprint density at radius 3 is 2.62 bits per heavy atom. The van der Waals surface area contributed by atoms with E-state index in [-0.39, 0.29) is 18.0 Å². The average molecular weight is 326 g/mol. The number of urea groups is 1. The van der Waals surface area contributed by atoms with Gasteiger partial charge in [0, 0.05) is 19.0 Å². The molecule has 4 nitrogen and oxygen atoms in total. The number of rotatable bonds is 2. The molecule has 0 aliphatic carbocycles. The van der Waals surface area contributed by atoms with E-state index in [4.69, 9.17) is 28.5 Å². The highest BCUT2D eigenvalue weighted by Crippen LogP contribution is 2.25. The molecule has 0 spiro atoms. The summed E-state index contributed by atoms with van der Waals surface area (Å²) in [7, 11) is 0. The molecule has 1 aromatic rings. The molecule has 112 valence electrons. The number of amides is 2. The highest BCUT2D eigenvalue weighted by molar-refractivity contribution is 6.42. The van der Waals surface area contributed by atoms with E-state index >= 15 is 0 Å². The third kappa shape index (κ3) is 4.03. The van der Waals surface area contributed by atoms with Crippen LogP contribution >= 0.6 is 23.2 Å². The Balaban J connectivity index is 1.93. The molecule has 1 fully saturated rings. The zero-order chi connectivity index (χ0) is 15.4. The minimum atomic E-state index is -0.152. The van der Waals surface area contributed by atoms with Gasteiger partial charge in [-0.1, -0.05) is 29.3 Å². The Labute approximate surface area is 134 Å². The fourth-order valence-corrected chi connectivity index (χ4v) is 2.66. The monoisotopic (exact) mass is 325 g/mol. The maximum atomic E-state index is 12.2. The van der Waals surface area contributed by atoms with Gasteiger partial charge in [-0.15, -0.1) is 0 Å². The molecular weight excluding hydrogens is 309 g/mol. The summed E-state index contributed by atoms with van der Waals surface area (Å²) in [5, 5.41) is 12.8. The van der Waals surface area contributed by atoms with Crippen LogP contribution < -0.4 is 5.32 Å². The number of carbonyl (C=O) groups is 1. The van der Waals surface area contributed by atoms with Gasteiger partial charge in [0.2, 0.25) is 0 Å². The fourth-order valence-electron chi connectivity index (χ4n) is 2.35. The van der Waals surface area contributed by atoms with Crippen molar-refractivity contribution in [3.05, 3.63) is 33.8 Å². The van der Waals surface area contributed by atoms with Gasteiger partial charge in [-0.05, 0) is 37.5 Å². The predicted octanol–water partition coefficient (Wildman–Crippen LogP) is 4.00. The first-order valence-electron chi connectivity index (χ1n) is 6.91. The van der Waals surface area contributed by atoms with E-state index in [2.05, 4.69) is 11.4 Å². The first-order valence-corrected chi connectivity index (χ1v) is 7.67. The van der Waals surface area contributed by atoms with Crippen molar-refractivity contribution in [2.24, 2.45) is 5.92 Å². The van der Waals surface area contributed by atoms with E-state index in [1.54, 1.807) is 17.0 Å². The van der Waals surface area contributed by atoms with Crippen LogP contribution in [0, 0.1) is 17.2 Å². The zero-order valence-corrected chi connectivity index (χ0v) is 13.3. The molecule has 2 amide bonds. The van der Waals surface area contributed by atoms with Crippen LogP contribution in [0.15, 0.2) is 18.2 Å².